The first-order chi connectivity index (χ1) is 7.42. The number of aromatic nitrogens is 2. The Morgan fingerprint density at radius 2 is 2.07 bits per heavy atom. The molecule has 0 spiro atoms. The summed E-state index contributed by atoms with van der Waals surface area (Å²) in [4.78, 5) is 4.49. The predicted octanol–water partition coefficient (Wildman–Crippen LogP) is 1.89. The lowest BCUT2D eigenvalue weighted by Gasteiger charge is -2.13. The van der Waals surface area contributed by atoms with Gasteiger partial charge in [0.15, 0.2) is 0 Å². The predicted molar refractivity (Wildman–Crippen MR) is 61.8 cm³/mol. The van der Waals surface area contributed by atoms with Crippen molar-refractivity contribution in [3.8, 4) is 0 Å². The Hall–Kier alpha value is -0.830. The highest BCUT2D eigenvalue weighted by Crippen LogP contribution is 2.20. The second kappa shape index (κ2) is 5.31. The Morgan fingerprint density at radius 1 is 1.20 bits per heavy atom. The minimum Gasteiger partial charge on any atom is -0.334 e. The lowest BCUT2D eigenvalue weighted by Crippen LogP contribution is -2.08. The molecule has 2 rings (SSSR count). The minimum atomic E-state index is 0.821. The number of aryl methyl sites for hydroxylation is 2. The van der Waals surface area contributed by atoms with E-state index in [2.05, 4.69) is 9.55 Å². The molecule has 1 aromatic rings. The van der Waals surface area contributed by atoms with Crippen LogP contribution in [0.4, 0.5) is 0 Å². The van der Waals surface area contributed by atoms with Gasteiger partial charge >= 0.3 is 0 Å². The van der Waals surface area contributed by atoms with Gasteiger partial charge in [0.2, 0.25) is 0 Å². The van der Waals surface area contributed by atoms with E-state index in [9.17, 15) is 0 Å². The highest BCUT2D eigenvalue weighted by atomic mass is 15.1. The van der Waals surface area contributed by atoms with Gasteiger partial charge < -0.3 is 10.3 Å². The van der Waals surface area contributed by atoms with Crippen LogP contribution in [-0.2, 0) is 19.4 Å². The van der Waals surface area contributed by atoms with E-state index >= 15 is 0 Å². The Labute approximate surface area is 91.7 Å². The van der Waals surface area contributed by atoms with Gasteiger partial charge in [0.1, 0.15) is 0 Å². The van der Waals surface area contributed by atoms with Crippen LogP contribution in [0.3, 0.4) is 0 Å². The molecule has 2 N–H and O–H groups in total. The van der Waals surface area contributed by atoms with Gasteiger partial charge in [-0.15, -0.1) is 0 Å². The fourth-order valence-corrected chi connectivity index (χ4v) is 2.33. The molecule has 1 aliphatic rings. The van der Waals surface area contributed by atoms with Gasteiger partial charge in [0, 0.05) is 12.2 Å². The van der Waals surface area contributed by atoms with Crippen LogP contribution in [0.25, 0.3) is 0 Å². The molecule has 0 unspecified atom stereocenters. The number of nitrogens with two attached hydrogens (primary N) is 1. The van der Waals surface area contributed by atoms with Gasteiger partial charge in [-0.3, -0.25) is 0 Å². The summed E-state index contributed by atoms with van der Waals surface area (Å²) in [5.41, 5.74) is 8.32. The highest BCUT2D eigenvalue weighted by Gasteiger charge is 2.14. The van der Waals surface area contributed by atoms with Crippen molar-refractivity contribution in [2.75, 3.05) is 6.54 Å². The molecule has 0 bridgehead atoms. The van der Waals surface area contributed by atoms with Gasteiger partial charge in [-0.25, -0.2) is 4.98 Å². The van der Waals surface area contributed by atoms with Crippen LogP contribution < -0.4 is 5.73 Å². The third-order valence-electron chi connectivity index (χ3n) is 3.21. The van der Waals surface area contributed by atoms with E-state index in [1.165, 1.54) is 49.9 Å². The molecule has 0 aromatic carbocycles. The molecule has 0 radical (unpaired) electrons. The lowest BCUT2D eigenvalue weighted by atomic mass is 10.0. The SMILES string of the molecule is NCCCCCn1cnc2c1CCCC2. The molecule has 3 heteroatoms. The number of rotatable bonds is 5. The van der Waals surface area contributed by atoms with Crippen molar-refractivity contribution in [3.05, 3.63) is 17.7 Å². The Kier molecular flexibility index (Phi) is 3.78. The van der Waals surface area contributed by atoms with Crippen molar-refractivity contribution in [1.82, 2.24) is 9.55 Å². The lowest BCUT2D eigenvalue weighted by molar-refractivity contribution is 0.556. The van der Waals surface area contributed by atoms with Crippen molar-refractivity contribution in [2.45, 2.75) is 51.5 Å². The molecule has 0 atom stereocenters. The van der Waals surface area contributed by atoms with Crippen molar-refractivity contribution >= 4 is 0 Å². The van der Waals surface area contributed by atoms with Crippen LogP contribution in [0, 0.1) is 0 Å². The average molecular weight is 207 g/mol. The molecule has 1 heterocycles. The number of fused-ring (bicyclic) bond motifs is 1. The maximum atomic E-state index is 5.48. The monoisotopic (exact) mass is 207 g/mol. The van der Waals surface area contributed by atoms with Crippen LogP contribution in [0.15, 0.2) is 6.33 Å². The Bertz CT molecular complexity index is 304. The fourth-order valence-electron chi connectivity index (χ4n) is 2.33. The summed E-state index contributed by atoms with van der Waals surface area (Å²) < 4.78 is 2.35. The van der Waals surface area contributed by atoms with Crippen LogP contribution in [-0.4, -0.2) is 16.1 Å². The summed E-state index contributed by atoms with van der Waals surface area (Å²) in [7, 11) is 0. The zero-order valence-electron chi connectivity index (χ0n) is 9.41. The molecule has 84 valence electrons. The number of nitrogens with zero attached hydrogens (tertiary/aromatic N) is 2. The number of hydrogen-bond donors (Lipinski definition) is 1. The largest absolute Gasteiger partial charge is 0.334 e. The normalized spacial score (nSPS) is 15.3. The summed E-state index contributed by atoms with van der Waals surface area (Å²) in [5.74, 6) is 0. The second-order valence-electron chi connectivity index (χ2n) is 4.39. The summed E-state index contributed by atoms with van der Waals surface area (Å²) in [6.07, 6.45) is 10.7. The first kappa shape index (κ1) is 10.7. The molecule has 1 aromatic heterocycles. The summed E-state index contributed by atoms with van der Waals surface area (Å²) in [6, 6.07) is 0. The van der Waals surface area contributed by atoms with Gasteiger partial charge in [0.25, 0.3) is 0 Å². The first-order valence-corrected chi connectivity index (χ1v) is 6.15. The molecular weight excluding hydrogens is 186 g/mol. The smallest absolute Gasteiger partial charge is 0.0951 e. The van der Waals surface area contributed by atoms with E-state index in [0.717, 1.165) is 19.5 Å². The zero-order valence-corrected chi connectivity index (χ0v) is 9.41. The summed E-state index contributed by atoms with van der Waals surface area (Å²) in [6.45, 7) is 1.95. The van der Waals surface area contributed by atoms with Crippen molar-refractivity contribution in [3.63, 3.8) is 0 Å². The average Bonchev–Trinajstić information content (AvgIpc) is 2.68. The summed E-state index contributed by atoms with van der Waals surface area (Å²) in [5, 5.41) is 0. The Balaban J connectivity index is 1.88. The standard InChI is InChI=1S/C12H21N3/c13-8-4-1-5-9-15-10-14-11-6-2-3-7-12(11)15/h10H,1-9,13H2. The van der Waals surface area contributed by atoms with E-state index in [-0.39, 0.29) is 0 Å². The van der Waals surface area contributed by atoms with Crippen LogP contribution in [0.1, 0.15) is 43.5 Å². The molecule has 0 saturated carbocycles. The zero-order chi connectivity index (χ0) is 10.5. The van der Waals surface area contributed by atoms with Crippen LogP contribution >= 0.6 is 0 Å². The van der Waals surface area contributed by atoms with E-state index in [1.54, 1.807) is 0 Å². The summed E-state index contributed by atoms with van der Waals surface area (Å²) >= 11 is 0. The second-order valence-corrected chi connectivity index (χ2v) is 4.39. The van der Waals surface area contributed by atoms with Crippen LogP contribution in [0.5, 0.6) is 0 Å². The van der Waals surface area contributed by atoms with Gasteiger partial charge in [0.05, 0.1) is 12.0 Å². The fraction of sp³-hybridized carbons (Fsp3) is 0.750. The molecule has 3 nitrogen and oxygen atoms in total. The number of hydrogen-bond acceptors (Lipinski definition) is 2. The maximum Gasteiger partial charge on any atom is 0.0951 e. The molecular formula is C12H21N3. The third kappa shape index (κ3) is 2.59. The van der Waals surface area contributed by atoms with E-state index in [0.29, 0.717) is 0 Å². The van der Waals surface area contributed by atoms with E-state index in [1.807, 2.05) is 6.33 Å². The maximum absolute atomic E-state index is 5.48. The Morgan fingerprint density at radius 3 is 2.93 bits per heavy atom. The molecule has 1 aliphatic carbocycles. The molecule has 0 aliphatic heterocycles. The number of unbranched alkanes of at least 4 members (excludes halogenated alkanes) is 2. The number of imidazole rings is 1. The van der Waals surface area contributed by atoms with Crippen molar-refractivity contribution in [1.29, 1.82) is 0 Å². The molecule has 0 saturated heterocycles. The minimum absolute atomic E-state index is 0.821. The van der Waals surface area contributed by atoms with Crippen LogP contribution in [0.2, 0.25) is 0 Å². The highest BCUT2D eigenvalue weighted by molar-refractivity contribution is 5.16. The van der Waals surface area contributed by atoms with Gasteiger partial charge in [-0.05, 0) is 45.1 Å². The molecule has 0 fully saturated rings. The van der Waals surface area contributed by atoms with Gasteiger partial charge in [-0.2, -0.15) is 0 Å². The molecule has 15 heavy (non-hydrogen) atoms. The van der Waals surface area contributed by atoms with E-state index in [4.69, 9.17) is 5.73 Å². The van der Waals surface area contributed by atoms with Crippen molar-refractivity contribution in [2.24, 2.45) is 5.73 Å². The molecule has 0 amide bonds. The first-order valence-electron chi connectivity index (χ1n) is 6.15. The topological polar surface area (TPSA) is 43.8 Å². The van der Waals surface area contributed by atoms with Gasteiger partial charge in [-0.1, -0.05) is 6.42 Å². The quantitative estimate of drug-likeness (QED) is 0.749. The van der Waals surface area contributed by atoms with E-state index < -0.39 is 0 Å². The van der Waals surface area contributed by atoms with Crippen molar-refractivity contribution < 1.29 is 0 Å². The third-order valence-corrected chi connectivity index (χ3v) is 3.21.